The average molecular weight is 287 g/mol. The van der Waals surface area contributed by atoms with Gasteiger partial charge in [-0.25, -0.2) is 0 Å². The molecular weight excluding hydrogens is 268 g/mol. The number of benzene rings is 1. The fourth-order valence-electron chi connectivity index (χ4n) is 1.47. The van der Waals surface area contributed by atoms with E-state index in [1.165, 1.54) is 18.2 Å². The smallest absolute Gasteiger partial charge is 0.251 e. The summed E-state index contributed by atoms with van der Waals surface area (Å²) >= 11 is 5.75. The van der Waals surface area contributed by atoms with Crippen molar-refractivity contribution >= 4 is 17.5 Å². The van der Waals surface area contributed by atoms with Crippen LogP contribution >= 0.6 is 11.6 Å². The van der Waals surface area contributed by atoms with E-state index >= 15 is 0 Å². The van der Waals surface area contributed by atoms with Gasteiger partial charge < -0.3 is 20.1 Å². The predicted octanol–water partition coefficient (Wildman–Crippen LogP) is 1.35. The third-order valence-corrected chi connectivity index (χ3v) is 2.97. The number of amides is 1. The second kappa shape index (κ2) is 7.99. The van der Waals surface area contributed by atoms with Crippen LogP contribution < -0.4 is 5.32 Å². The van der Waals surface area contributed by atoms with Crippen LogP contribution in [0.4, 0.5) is 0 Å². The minimum Gasteiger partial charge on any atom is -0.506 e. The molecule has 2 N–H and O–H groups in total. The molecule has 0 heterocycles. The number of likely N-dealkylation sites (N-methyl/N-ethyl adjacent to an activating group) is 1. The molecule has 0 atom stereocenters. The second-order valence-corrected chi connectivity index (χ2v) is 4.63. The van der Waals surface area contributed by atoms with Crippen LogP contribution in [0.1, 0.15) is 10.4 Å². The molecule has 5 nitrogen and oxygen atoms in total. The molecule has 0 aliphatic heterocycles. The van der Waals surface area contributed by atoms with E-state index in [1.54, 1.807) is 7.11 Å². The molecule has 0 aliphatic rings. The van der Waals surface area contributed by atoms with E-state index in [2.05, 4.69) is 10.2 Å². The van der Waals surface area contributed by atoms with Crippen molar-refractivity contribution in [3.05, 3.63) is 28.8 Å². The van der Waals surface area contributed by atoms with Crippen LogP contribution in [0.2, 0.25) is 5.02 Å². The number of carbonyl (C=O) groups is 1. The summed E-state index contributed by atoms with van der Waals surface area (Å²) in [5.74, 6) is -0.237. The maximum atomic E-state index is 11.8. The Morgan fingerprint density at radius 1 is 1.47 bits per heavy atom. The van der Waals surface area contributed by atoms with Crippen molar-refractivity contribution in [3.63, 3.8) is 0 Å². The maximum absolute atomic E-state index is 11.8. The summed E-state index contributed by atoms with van der Waals surface area (Å²) in [7, 11) is 3.62. The number of aromatic hydroxyl groups is 1. The van der Waals surface area contributed by atoms with Gasteiger partial charge in [0.05, 0.1) is 11.6 Å². The number of ether oxygens (including phenoxy) is 1. The molecule has 1 rings (SSSR count). The normalized spacial score (nSPS) is 10.7. The number of nitrogens with zero attached hydrogens (tertiary/aromatic N) is 1. The van der Waals surface area contributed by atoms with Crippen molar-refractivity contribution in [1.82, 2.24) is 10.2 Å². The Morgan fingerprint density at radius 2 is 2.21 bits per heavy atom. The van der Waals surface area contributed by atoms with Crippen molar-refractivity contribution < 1.29 is 14.6 Å². The molecule has 0 bridgehead atoms. The van der Waals surface area contributed by atoms with Gasteiger partial charge in [-0.2, -0.15) is 0 Å². The SMILES string of the molecule is COCCN(C)CCNC(=O)c1ccc(O)c(Cl)c1. The van der Waals surface area contributed by atoms with Gasteiger partial charge >= 0.3 is 0 Å². The number of phenolic OH excluding ortho intramolecular Hbond substituents is 1. The topological polar surface area (TPSA) is 61.8 Å². The predicted molar refractivity (Wildman–Crippen MR) is 74.8 cm³/mol. The number of phenols is 1. The molecule has 0 fully saturated rings. The third kappa shape index (κ3) is 5.46. The molecule has 0 spiro atoms. The lowest BCUT2D eigenvalue weighted by Crippen LogP contribution is -2.34. The molecule has 0 saturated heterocycles. The van der Waals surface area contributed by atoms with Crippen LogP contribution in [0, 0.1) is 0 Å². The molecule has 0 aromatic heterocycles. The first kappa shape index (κ1) is 15.8. The molecule has 19 heavy (non-hydrogen) atoms. The van der Waals surface area contributed by atoms with E-state index < -0.39 is 0 Å². The number of nitrogens with one attached hydrogen (secondary N) is 1. The molecule has 0 unspecified atom stereocenters. The van der Waals surface area contributed by atoms with Gasteiger partial charge in [0.25, 0.3) is 5.91 Å². The summed E-state index contributed by atoms with van der Waals surface area (Å²) in [6, 6.07) is 4.38. The number of methoxy groups -OCH3 is 1. The molecule has 6 heteroatoms. The van der Waals surface area contributed by atoms with Crippen LogP contribution in [0.15, 0.2) is 18.2 Å². The number of hydrogen-bond donors (Lipinski definition) is 2. The first-order chi connectivity index (χ1) is 9.04. The van der Waals surface area contributed by atoms with Gasteiger partial charge in [0.2, 0.25) is 0 Å². The van der Waals surface area contributed by atoms with E-state index in [0.29, 0.717) is 18.7 Å². The van der Waals surface area contributed by atoms with Gasteiger partial charge in [-0.15, -0.1) is 0 Å². The lowest BCUT2D eigenvalue weighted by Gasteiger charge is -2.16. The van der Waals surface area contributed by atoms with Crippen molar-refractivity contribution in [2.75, 3.05) is 40.4 Å². The molecule has 0 aliphatic carbocycles. The van der Waals surface area contributed by atoms with Gasteiger partial charge in [-0.3, -0.25) is 4.79 Å². The highest BCUT2D eigenvalue weighted by Gasteiger charge is 2.08. The average Bonchev–Trinajstić information content (AvgIpc) is 2.39. The summed E-state index contributed by atoms with van der Waals surface area (Å²) in [4.78, 5) is 13.9. The van der Waals surface area contributed by atoms with Crippen LogP contribution in [-0.4, -0.2) is 56.3 Å². The first-order valence-corrected chi connectivity index (χ1v) is 6.36. The first-order valence-electron chi connectivity index (χ1n) is 5.98. The van der Waals surface area contributed by atoms with Crippen molar-refractivity contribution in [2.24, 2.45) is 0 Å². The Morgan fingerprint density at radius 3 is 2.84 bits per heavy atom. The zero-order valence-corrected chi connectivity index (χ0v) is 11.9. The Balaban J connectivity index is 2.37. The maximum Gasteiger partial charge on any atom is 0.251 e. The number of rotatable bonds is 7. The summed E-state index contributed by atoms with van der Waals surface area (Å²) in [5.41, 5.74) is 0.433. The Hall–Kier alpha value is -1.30. The third-order valence-electron chi connectivity index (χ3n) is 2.67. The second-order valence-electron chi connectivity index (χ2n) is 4.22. The Kier molecular flexibility index (Phi) is 6.62. The van der Waals surface area contributed by atoms with E-state index in [4.69, 9.17) is 16.3 Å². The highest BCUT2D eigenvalue weighted by Crippen LogP contribution is 2.23. The van der Waals surface area contributed by atoms with E-state index in [1.807, 2.05) is 7.05 Å². The zero-order valence-electron chi connectivity index (χ0n) is 11.1. The van der Waals surface area contributed by atoms with Gasteiger partial charge in [0.15, 0.2) is 0 Å². The van der Waals surface area contributed by atoms with Crippen LogP contribution in [0.3, 0.4) is 0 Å². The van der Waals surface area contributed by atoms with Crippen LogP contribution in [0.25, 0.3) is 0 Å². The molecule has 1 aromatic carbocycles. The standard InChI is InChI=1S/C13H19ClN2O3/c1-16(7-8-19-2)6-5-15-13(18)10-3-4-12(17)11(14)9-10/h3-4,9,17H,5-8H2,1-2H3,(H,15,18). The van der Waals surface area contributed by atoms with E-state index in [0.717, 1.165) is 13.1 Å². The minimum atomic E-state index is -0.206. The largest absolute Gasteiger partial charge is 0.506 e. The van der Waals surface area contributed by atoms with E-state index in [-0.39, 0.29) is 16.7 Å². The number of carbonyl (C=O) groups excluding carboxylic acids is 1. The highest BCUT2D eigenvalue weighted by atomic mass is 35.5. The van der Waals surface area contributed by atoms with Crippen molar-refractivity contribution in [3.8, 4) is 5.75 Å². The molecule has 0 radical (unpaired) electrons. The molecule has 1 amide bonds. The fourth-order valence-corrected chi connectivity index (χ4v) is 1.65. The number of halogens is 1. The Bertz CT molecular complexity index is 426. The van der Waals surface area contributed by atoms with Crippen LogP contribution in [0.5, 0.6) is 5.75 Å². The molecule has 0 saturated carbocycles. The monoisotopic (exact) mass is 286 g/mol. The van der Waals surface area contributed by atoms with Gasteiger partial charge in [0, 0.05) is 32.3 Å². The summed E-state index contributed by atoms with van der Waals surface area (Å²) in [6.07, 6.45) is 0. The fraction of sp³-hybridized carbons (Fsp3) is 0.462. The van der Waals surface area contributed by atoms with Crippen molar-refractivity contribution in [2.45, 2.75) is 0 Å². The van der Waals surface area contributed by atoms with Gasteiger partial charge in [0.1, 0.15) is 5.75 Å². The quantitative estimate of drug-likeness (QED) is 0.794. The van der Waals surface area contributed by atoms with Gasteiger partial charge in [-0.1, -0.05) is 11.6 Å². The number of hydrogen-bond acceptors (Lipinski definition) is 4. The Labute approximate surface area is 118 Å². The lowest BCUT2D eigenvalue weighted by atomic mass is 10.2. The van der Waals surface area contributed by atoms with Crippen molar-refractivity contribution in [1.29, 1.82) is 0 Å². The summed E-state index contributed by atoms with van der Waals surface area (Å²) < 4.78 is 4.97. The van der Waals surface area contributed by atoms with Crippen LogP contribution in [-0.2, 0) is 4.74 Å². The van der Waals surface area contributed by atoms with E-state index in [9.17, 15) is 9.90 Å². The molecule has 1 aromatic rings. The zero-order chi connectivity index (χ0) is 14.3. The van der Waals surface area contributed by atoms with Gasteiger partial charge in [-0.05, 0) is 25.2 Å². The molecule has 106 valence electrons. The highest BCUT2D eigenvalue weighted by molar-refractivity contribution is 6.32. The minimum absolute atomic E-state index is 0.0301. The summed E-state index contributed by atoms with van der Waals surface area (Å²) in [5, 5.41) is 12.2. The lowest BCUT2D eigenvalue weighted by molar-refractivity contribution is 0.0947. The summed E-state index contributed by atoms with van der Waals surface area (Å²) in [6.45, 7) is 2.76. The molecular formula is C13H19ClN2O3.